The molecule has 1 atom stereocenters. The highest BCUT2D eigenvalue weighted by atomic mass is 35.5. The highest BCUT2D eigenvalue weighted by Crippen LogP contribution is 2.22. The smallest absolute Gasteiger partial charge is 0.129 e. The molecule has 5 heteroatoms. The van der Waals surface area contributed by atoms with Crippen LogP contribution in [0, 0.1) is 0 Å². The van der Waals surface area contributed by atoms with Crippen molar-refractivity contribution < 1.29 is 0 Å². The van der Waals surface area contributed by atoms with Gasteiger partial charge in [0.05, 0.1) is 5.02 Å². The Morgan fingerprint density at radius 3 is 2.95 bits per heavy atom. The number of anilines is 1. The van der Waals surface area contributed by atoms with Crippen molar-refractivity contribution in [3.05, 3.63) is 22.8 Å². The van der Waals surface area contributed by atoms with Gasteiger partial charge in [0, 0.05) is 38.4 Å². The second kappa shape index (κ2) is 7.25. The van der Waals surface area contributed by atoms with E-state index in [1.165, 1.54) is 0 Å². The van der Waals surface area contributed by atoms with Crippen LogP contribution in [0.1, 0.15) is 25.8 Å². The van der Waals surface area contributed by atoms with E-state index in [0.29, 0.717) is 6.04 Å². The van der Waals surface area contributed by atoms with E-state index in [0.717, 1.165) is 55.5 Å². The van der Waals surface area contributed by atoms with Crippen LogP contribution in [-0.4, -0.2) is 49.2 Å². The molecule has 0 spiro atoms. The van der Waals surface area contributed by atoms with E-state index in [1.807, 2.05) is 0 Å². The van der Waals surface area contributed by atoms with E-state index in [1.54, 1.807) is 6.20 Å². The third kappa shape index (κ3) is 3.84. The number of nitrogens with one attached hydrogen (secondary N) is 1. The summed E-state index contributed by atoms with van der Waals surface area (Å²) in [5.41, 5.74) is 1.14. The summed E-state index contributed by atoms with van der Waals surface area (Å²) < 4.78 is 0. The predicted octanol–water partition coefficient (Wildman–Crippen LogP) is 2.37. The van der Waals surface area contributed by atoms with Gasteiger partial charge in [-0.25, -0.2) is 4.98 Å². The summed E-state index contributed by atoms with van der Waals surface area (Å²) in [6.45, 7) is 9.37. The maximum absolute atomic E-state index is 6.24. The van der Waals surface area contributed by atoms with Gasteiger partial charge < -0.3 is 15.1 Å². The van der Waals surface area contributed by atoms with Gasteiger partial charge in [-0.15, -0.1) is 0 Å². The van der Waals surface area contributed by atoms with Gasteiger partial charge in [0.25, 0.3) is 0 Å². The Morgan fingerprint density at radius 1 is 1.45 bits per heavy atom. The molecule has 0 bridgehead atoms. The lowest BCUT2D eigenvalue weighted by atomic mass is 10.2. The van der Waals surface area contributed by atoms with Gasteiger partial charge in [0.15, 0.2) is 0 Å². The fourth-order valence-corrected chi connectivity index (χ4v) is 2.60. The van der Waals surface area contributed by atoms with Gasteiger partial charge in [-0.1, -0.05) is 18.5 Å². The molecule has 20 heavy (non-hydrogen) atoms. The highest BCUT2D eigenvalue weighted by Gasteiger charge is 2.21. The monoisotopic (exact) mass is 296 g/mol. The molecule has 1 fully saturated rings. The lowest BCUT2D eigenvalue weighted by Crippen LogP contribution is -2.50. The van der Waals surface area contributed by atoms with Gasteiger partial charge in [0.2, 0.25) is 0 Å². The Balaban J connectivity index is 2.06. The van der Waals surface area contributed by atoms with E-state index in [-0.39, 0.29) is 0 Å². The van der Waals surface area contributed by atoms with Crippen LogP contribution in [-0.2, 0) is 6.54 Å². The summed E-state index contributed by atoms with van der Waals surface area (Å²) in [6.07, 6.45) is 2.91. The van der Waals surface area contributed by atoms with Gasteiger partial charge >= 0.3 is 0 Å². The van der Waals surface area contributed by atoms with Crippen molar-refractivity contribution in [1.82, 2.24) is 15.2 Å². The molecule has 1 N–H and O–H groups in total. The Kier molecular flexibility index (Phi) is 5.64. The minimum atomic E-state index is 0.558. The Labute approximate surface area is 127 Å². The molecule has 1 aromatic heterocycles. The molecule has 1 unspecified atom stereocenters. The molecule has 2 heterocycles. The second-order valence-electron chi connectivity index (χ2n) is 5.59. The van der Waals surface area contributed by atoms with Gasteiger partial charge in [-0.3, -0.25) is 0 Å². The van der Waals surface area contributed by atoms with E-state index < -0.39 is 0 Å². The summed E-state index contributed by atoms with van der Waals surface area (Å²) in [7, 11) is 2.18. The third-order valence-electron chi connectivity index (χ3n) is 3.95. The number of aromatic nitrogens is 1. The number of nitrogens with zero attached hydrogens (tertiary/aromatic N) is 3. The molecule has 0 saturated carbocycles. The third-order valence-corrected chi connectivity index (χ3v) is 4.29. The number of hydrogen-bond donors (Lipinski definition) is 1. The number of halogens is 1. The predicted molar refractivity (Wildman–Crippen MR) is 85.5 cm³/mol. The summed E-state index contributed by atoms with van der Waals surface area (Å²) in [4.78, 5) is 9.23. The van der Waals surface area contributed by atoms with Crippen molar-refractivity contribution in [3.63, 3.8) is 0 Å². The second-order valence-corrected chi connectivity index (χ2v) is 5.99. The summed E-state index contributed by atoms with van der Waals surface area (Å²) in [5, 5.41) is 4.15. The zero-order chi connectivity index (χ0) is 14.5. The average Bonchev–Trinajstić information content (AvgIpc) is 2.44. The fourth-order valence-electron chi connectivity index (χ4n) is 2.43. The number of piperazine rings is 1. The van der Waals surface area contributed by atoms with Gasteiger partial charge in [-0.05, 0) is 38.6 Å². The zero-order valence-electron chi connectivity index (χ0n) is 12.7. The number of likely N-dealkylation sites (N-methyl/N-ethyl adjacent to an activating group) is 1. The Bertz CT molecular complexity index is 438. The molecule has 0 aliphatic carbocycles. The lowest BCUT2D eigenvalue weighted by Gasteiger charge is -2.38. The highest BCUT2D eigenvalue weighted by molar-refractivity contribution is 6.31. The molecule has 1 saturated heterocycles. The molecular weight excluding hydrogens is 272 g/mol. The molecule has 2 rings (SSSR count). The standard InChI is InChI=1S/C15H25ClN4/c1-4-5-17-9-13-8-15(18-10-14(13)16)20-7-6-19(3)12(2)11-20/h8,10,12,17H,4-7,9,11H2,1-3H3. The van der Waals surface area contributed by atoms with Gasteiger partial charge in [-0.2, -0.15) is 0 Å². The molecule has 0 aromatic carbocycles. The average molecular weight is 297 g/mol. The first-order chi connectivity index (χ1) is 9.61. The van der Waals surface area contributed by atoms with Crippen molar-refractivity contribution in [3.8, 4) is 0 Å². The van der Waals surface area contributed by atoms with Crippen LogP contribution in [0.4, 0.5) is 5.82 Å². The van der Waals surface area contributed by atoms with E-state index in [9.17, 15) is 0 Å². The maximum Gasteiger partial charge on any atom is 0.129 e. The first kappa shape index (κ1) is 15.5. The number of hydrogen-bond acceptors (Lipinski definition) is 4. The van der Waals surface area contributed by atoms with Crippen molar-refractivity contribution >= 4 is 17.4 Å². The number of rotatable bonds is 5. The molecule has 0 amide bonds. The maximum atomic E-state index is 6.24. The molecular formula is C15H25ClN4. The molecule has 0 radical (unpaired) electrons. The van der Waals surface area contributed by atoms with E-state index >= 15 is 0 Å². The zero-order valence-corrected chi connectivity index (χ0v) is 13.5. The molecule has 112 valence electrons. The SMILES string of the molecule is CCCNCc1cc(N2CCN(C)C(C)C2)ncc1Cl. The molecule has 1 aliphatic rings. The Hall–Kier alpha value is -0.840. The summed E-state index contributed by atoms with van der Waals surface area (Å²) >= 11 is 6.24. The summed E-state index contributed by atoms with van der Waals surface area (Å²) in [5.74, 6) is 1.04. The van der Waals surface area contributed by atoms with Crippen LogP contribution in [0.3, 0.4) is 0 Å². The normalized spacial score (nSPS) is 20.4. The van der Waals surface area contributed by atoms with Crippen LogP contribution in [0.15, 0.2) is 12.3 Å². The van der Waals surface area contributed by atoms with Crippen LogP contribution in [0.2, 0.25) is 5.02 Å². The molecule has 1 aliphatic heterocycles. The van der Waals surface area contributed by atoms with Crippen LogP contribution in [0.5, 0.6) is 0 Å². The fraction of sp³-hybridized carbons (Fsp3) is 0.667. The topological polar surface area (TPSA) is 31.4 Å². The van der Waals surface area contributed by atoms with Gasteiger partial charge in [0.1, 0.15) is 5.82 Å². The largest absolute Gasteiger partial charge is 0.354 e. The van der Waals surface area contributed by atoms with E-state index in [2.05, 4.69) is 47.1 Å². The van der Waals surface area contributed by atoms with Crippen LogP contribution < -0.4 is 10.2 Å². The summed E-state index contributed by atoms with van der Waals surface area (Å²) in [6, 6.07) is 2.69. The first-order valence-corrected chi connectivity index (χ1v) is 7.80. The molecule has 1 aromatic rings. The Morgan fingerprint density at radius 2 is 2.25 bits per heavy atom. The quantitative estimate of drug-likeness (QED) is 0.846. The molecule has 4 nitrogen and oxygen atoms in total. The minimum Gasteiger partial charge on any atom is -0.354 e. The van der Waals surface area contributed by atoms with Crippen LogP contribution in [0.25, 0.3) is 0 Å². The van der Waals surface area contributed by atoms with Crippen molar-refractivity contribution in [2.75, 3.05) is 38.1 Å². The minimum absolute atomic E-state index is 0.558. The first-order valence-electron chi connectivity index (χ1n) is 7.42. The van der Waals surface area contributed by atoms with Crippen molar-refractivity contribution in [1.29, 1.82) is 0 Å². The lowest BCUT2D eigenvalue weighted by molar-refractivity contribution is 0.233. The number of pyridine rings is 1. The van der Waals surface area contributed by atoms with Crippen LogP contribution >= 0.6 is 11.6 Å². The van der Waals surface area contributed by atoms with E-state index in [4.69, 9.17) is 11.6 Å². The van der Waals surface area contributed by atoms with Crippen molar-refractivity contribution in [2.24, 2.45) is 0 Å². The van der Waals surface area contributed by atoms with Crippen molar-refractivity contribution in [2.45, 2.75) is 32.9 Å².